The number of rotatable bonds is 4. The first-order valence-electron chi connectivity index (χ1n) is 6.07. The molecule has 1 atom stereocenters. The van der Waals surface area contributed by atoms with Crippen molar-refractivity contribution in [1.29, 1.82) is 0 Å². The minimum absolute atomic E-state index is 0.107. The lowest BCUT2D eigenvalue weighted by Crippen LogP contribution is -2.22. The summed E-state index contributed by atoms with van der Waals surface area (Å²) < 4.78 is 11.2. The zero-order chi connectivity index (χ0) is 12.1. The lowest BCUT2D eigenvalue weighted by molar-refractivity contribution is -0.168. The van der Waals surface area contributed by atoms with Crippen LogP contribution in [0.5, 0.6) is 0 Å². The maximum Gasteiger partial charge on any atom is 0.158 e. The Balaban J connectivity index is 1.95. The average molecular weight is 234 g/mol. The van der Waals surface area contributed by atoms with Gasteiger partial charge in [0.1, 0.15) is 6.29 Å². The van der Waals surface area contributed by atoms with Gasteiger partial charge >= 0.3 is 0 Å². The quantitative estimate of drug-likeness (QED) is 0.751. The van der Waals surface area contributed by atoms with Gasteiger partial charge in [0.25, 0.3) is 0 Å². The van der Waals surface area contributed by atoms with Gasteiger partial charge in [-0.2, -0.15) is 0 Å². The number of hydrogen-bond acceptors (Lipinski definition) is 3. The summed E-state index contributed by atoms with van der Waals surface area (Å²) in [5.74, 6) is 0. The Morgan fingerprint density at radius 1 is 1.47 bits per heavy atom. The Morgan fingerprint density at radius 3 is 3.06 bits per heavy atom. The lowest BCUT2D eigenvalue weighted by Gasteiger charge is -2.23. The minimum atomic E-state index is -0.107. The minimum Gasteiger partial charge on any atom is -0.353 e. The molecular formula is C14H18O3. The van der Waals surface area contributed by atoms with Crippen molar-refractivity contribution in [2.45, 2.75) is 39.1 Å². The van der Waals surface area contributed by atoms with E-state index in [0.717, 1.165) is 43.3 Å². The number of carbonyl (C=O) groups is 1. The number of ether oxygens (including phenoxy) is 2. The smallest absolute Gasteiger partial charge is 0.158 e. The van der Waals surface area contributed by atoms with E-state index in [4.69, 9.17) is 9.47 Å². The van der Waals surface area contributed by atoms with Crippen LogP contribution in [0.15, 0.2) is 18.2 Å². The van der Waals surface area contributed by atoms with Crippen molar-refractivity contribution in [3.05, 3.63) is 34.9 Å². The van der Waals surface area contributed by atoms with Crippen molar-refractivity contribution in [2.75, 3.05) is 6.61 Å². The summed E-state index contributed by atoms with van der Waals surface area (Å²) in [6.07, 6.45) is 3.99. The van der Waals surface area contributed by atoms with Gasteiger partial charge < -0.3 is 9.47 Å². The van der Waals surface area contributed by atoms with Crippen LogP contribution in [0.4, 0.5) is 0 Å². The van der Waals surface area contributed by atoms with Crippen LogP contribution in [0.25, 0.3) is 0 Å². The fraction of sp³-hybridized carbons (Fsp3) is 0.500. The van der Waals surface area contributed by atoms with Crippen molar-refractivity contribution in [3.63, 3.8) is 0 Å². The Labute approximate surface area is 102 Å². The Bertz CT molecular complexity index is 381. The summed E-state index contributed by atoms with van der Waals surface area (Å²) in [5, 5.41) is 0. The first-order chi connectivity index (χ1) is 8.29. The summed E-state index contributed by atoms with van der Waals surface area (Å²) in [6.45, 7) is 3.19. The fourth-order valence-electron chi connectivity index (χ4n) is 1.98. The number of carbonyl (C=O) groups excluding carboxylic acids is 1. The number of aldehydes is 1. The summed E-state index contributed by atoms with van der Waals surface area (Å²) in [5.41, 5.74) is 2.73. The van der Waals surface area contributed by atoms with Crippen LogP contribution in [-0.2, 0) is 16.1 Å². The first kappa shape index (κ1) is 12.3. The first-order valence-corrected chi connectivity index (χ1v) is 6.07. The normalized spacial score (nSPS) is 20.2. The molecule has 1 unspecified atom stereocenters. The molecule has 1 heterocycles. The van der Waals surface area contributed by atoms with Gasteiger partial charge in [0.05, 0.1) is 6.61 Å². The van der Waals surface area contributed by atoms with Gasteiger partial charge in [-0.15, -0.1) is 0 Å². The fourth-order valence-corrected chi connectivity index (χ4v) is 1.98. The zero-order valence-corrected chi connectivity index (χ0v) is 10.1. The highest BCUT2D eigenvalue weighted by Gasteiger charge is 2.14. The van der Waals surface area contributed by atoms with E-state index >= 15 is 0 Å². The summed E-state index contributed by atoms with van der Waals surface area (Å²) in [6, 6.07) is 5.82. The van der Waals surface area contributed by atoms with Crippen LogP contribution in [-0.4, -0.2) is 19.2 Å². The van der Waals surface area contributed by atoms with Crippen molar-refractivity contribution < 1.29 is 14.3 Å². The molecular weight excluding hydrogens is 216 g/mol. The molecule has 1 aliphatic heterocycles. The topological polar surface area (TPSA) is 35.5 Å². The van der Waals surface area contributed by atoms with Crippen LogP contribution in [0, 0.1) is 6.92 Å². The van der Waals surface area contributed by atoms with Crippen LogP contribution in [0.3, 0.4) is 0 Å². The van der Waals surface area contributed by atoms with Crippen molar-refractivity contribution in [2.24, 2.45) is 0 Å². The van der Waals surface area contributed by atoms with Crippen LogP contribution >= 0.6 is 0 Å². The van der Waals surface area contributed by atoms with E-state index in [2.05, 4.69) is 0 Å². The molecule has 2 rings (SSSR count). The molecule has 17 heavy (non-hydrogen) atoms. The molecule has 3 heteroatoms. The van der Waals surface area contributed by atoms with Gasteiger partial charge in [-0.05, 0) is 37.8 Å². The van der Waals surface area contributed by atoms with E-state index in [1.165, 1.54) is 0 Å². The van der Waals surface area contributed by atoms with E-state index < -0.39 is 0 Å². The molecule has 1 fully saturated rings. The third kappa shape index (κ3) is 3.38. The molecule has 1 saturated heterocycles. The third-order valence-corrected chi connectivity index (χ3v) is 2.99. The number of benzene rings is 1. The summed E-state index contributed by atoms with van der Waals surface area (Å²) in [4.78, 5) is 10.9. The van der Waals surface area contributed by atoms with Gasteiger partial charge in [0.2, 0.25) is 0 Å². The van der Waals surface area contributed by atoms with Crippen LogP contribution < -0.4 is 0 Å². The van der Waals surface area contributed by atoms with Crippen LogP contribution in [0.1, 0.15) is 40.7 Å². The van der Waals surface area contributed by atoms with Crippen molar-refractivity contribution in [1.82, 2.24) is 0 Å². The van der Waals surface area contributed by atoms with E-state index in [1.54, 1.807) is 0 Å². The maximum atomic E-state index is 10.9. The van der Waals surface area contributed by atoms with Gasteiger partial charge in [-0.25, -0.2) is 0 Å². The molecule has 1 aliphatic rings. The molecule has 0 saturated carbocycles. The zero-order valence-electron chi connectivity index (χ0n) is 10.1. The van der Waals surface area contributed by atoms with E-state index in [0.29, 0.717) is 12.2 Å². The molecule has 0 spiro atoms. The molecule has 1 aromatic rings. The average Bonchev–Trinajstić information content (AvgIpc) is 2.38. The van der Waals surface area contributed by atoms with Gasteiger partial charge in [0.15, 0.2) is 6.29 Å². The number of hydrogen-bond donors (Lipinski definition) is 0. The van der Waals surface area contributed by atoms with Crippen LogP contribution in [0.2, 0.25) is 0 Å². The Hall–Kier alpha value is -1.19. The largest absolute Gasteiger partial charge is 0.353 e. The molecule has 0 aliphatic carbocycles. The highest BCUT2D eigenvalue weighted by molar-refractivity contribution is 5.77. The highest BCUT2D eigenvalue weighted by Crippen LogP contribution is 2.17. The predicted molar refractivity (Wildman–Crippen MR) is 64.9 cm³/mol. The molecule has 0 N–H and O–H groups in total. The van der Waals surface area contributed by atoms with Gasteiger partial charge in [0, 0.05) is 12.2 Å². The highest BCUT2D eigenvalue weighted by atomic mass is 16.7. The summed E-state index contributed by atoms with van der Waals surface area (Å²) >= 11 is 0. The molecule has 0 aromatic heterocycles. The second-order valence-electron chi connectivity index (χ2n) is 4.43. The monoisotopic (exact) mass is 234 g/mol. The van der Waals surface area contributed by atoms with Gasteiger partial charge in [-0.3, -0.25) is 4.79 Å². The van der Waals surface area contributed by atoms with E-state index in [9.17, 15) is 4.79 Å². The SMILES string of the molecule is Cc1ccc(COC2CCCCO2)c(C=O)c1. The predicted octanol–water partition coefficient (Wildman–Crippen LogP) is 2.85. The molecule has 0 bridgehead atoms. The van der Waals surface area contributed by atoms with E-state index in [-0.39, 0.29) is 6.29 Å². The van der Waals surface area contributed by atoms with E-state index in [1.807, 2.05) is 25.1 Å². The molecule has 0 radical (unpaired) electrons. The lowest BCUT2D eigenvalue weighted by atomic mass is 10.1. The van der Waals surface area contributed by atoms with Gasteiger partial charge in [-0.1, -0.05) is 17.7 Å². The van der Waals surface area contributed by atoms with Crippen molar-refractivity contribution >= 4 is 6.29 Å². The second kappa shape index (κ2) is 5.94. The maximum absolute atomic E-state index is 10.9. The van der Waals surface area contributed by atoms with Crippen molar-refractivity contribution in [3.8, 4) is 0 Å². The molecule has 0 amide bonds. The number of aryl methyl sites for hydroxylation is 1. The molecule has 92 valence electrons. The Morgan fingerprint density at radius 2 is 2.35 bits per heavy atom. The molecule has 1 aromatic carbocycles. The summed E-state index contributed by atoms with van der Waals surface area (Å²) in [7, 11) is 0. The molecule has 3 nitrogen and oxygen atoms in total. The second-order valence-corrected chi connectivity index (χ2v) is 4.43. The standard InChI is InChI=1S/C14H18O3/c1-11-5-6-12(13(8-11)9-15)10-17-14-4-2-3-7-16-14/h5-6,8-9,14H,2-4,7,10H2,1H3. The Kier molecular flexibility index (Phi) is 4.29. The third-order valence-electron chi connectivity index (χ3n) is 2.99.